The number of phenolic OH excluding ortho intramolecular Hbond substituents is 1. The summed E-state index contributed by atoms with van der Waals surface area (Å²) in [5.74, 6) is 1.47. The van der Waals surface area contributed by atoms with Gasteiger partial charge in [0.15, 0.2) is 11.5 Å². The molecule has 0 bridgehead atoms. The Balaban J connectivity index is 1.57. The number of likely N-dealkylation sites (tertiary alicyclic amines) is 1. The molecule has 3 heterocycles. The second-order valence-electron chi connectivity index (χ2n) is 8.09. The molecular weight excluding hydrogens is 382 g/mol. The van der Waals surface area contributed by atoms with Crippen LogP contribution in [0.25, 0.3) is 22.1 Å². The number of hydrogen-bond acceptors (Lipinski definition) is 6. The maximum Gasteiger partial charge on any atom is 0.200 e. The number of phenols is 1. The molecule has 2 aliphatic heterocycles. The van der Waals surface area contributed by atoms with Gasteiger partial charge in [-0.1, -0.05) is 12.5 Å². The lowest BCUT2D eigenvalue weighted by Crippen LogP contribution is -2.36. The summed E-state index contributed by atoms with van der Waals surface area (Å²) >= 11 is 0. The monoisotopic (exact) mass is 407 g/mol. The van der Waals surface area contributed by atoms with Gasteiger partial charge >= 0.3 is 0 Å². The zero-order valence-corrected chi connectivity index (χ0v) is 17.0. The van der Waals surface area contributed by atoms with E-state index in [-0.39, 0.29) is 11.2 Å². The summed E-state index contributed by atoms with van der Waals surface area (Å²) in [6, 6.07) is 9.13. The number of piperidine rings is 1. The van der Waals surface area contributed by atoms with Crippen molar-refractivity contribution in [3.63, 3.8) is 0 Å². The summed E-state index contributed by atoms with van der Waals surface area (Å²) < 4.78 is 17.2. The molecule has 5 rings (SSSR count). The van der Waals surface area contributed by atoms with Crippen molar-refractivity contribution in [3.05, 3.63) is 52.4 Å². The van der Waals surface area contributed by atoms with Crippen molar-refractivity contribution in [3.8, 4) is 28.4 Å². The summed E-state index contributed by atoms with van der Waals surface area (Å²) in [5, 5.41) is 11.0. The number of benzene rings is 2. The van der Waals surface area contributed by atoms with Gasteiger partial charge in [0, 0.05) is 12.6 Å². The highest BCUT2D eigenvalue weighted by atomic mass is 16.6. The highest BCUT2D eigenvalue weighted by Gasteiger charge is 2.23. The van der Waals surface area contributed by atoms with Crippen LogP contribution in [0.15, 0.2) is 45.8 Å². The Morgan fingerprint density at radius 3 is 2.77 bits per heavy atom. The largest absolute Gasteiger partial charge is 0.507 e. The van der Waals surface area contributed by atoms with Gasteiger partial charge in [0.2, 0.25) is 5.43 Å². The van der Waals surface area contributed by atoms with E-state index in [0.29, 0.717) is 65.0 Å². The van der Waals surface area contributed by atoms with E-state index in [4.69, 9.17) is 13.9 Å². The normalized spacial score (nSPS) is 19.2. The van der Waals surface area contributed by atoms with Crippen LogP contribution < -0.4 is 14.9 Å². The van der Waals surface area contributed by atoms with Crippen molar-refractivity contribution in [1.82, 2.24) is 4.90 Å². The Labute approximate surface area is 174 Å². The molecule has 0 unspecified atom stereocenters. The Morgan fingerprint density at radius 2 is 1.93 bits per heavy atom. The predicted molar refractivity (Wildman–Crippen MR) is 114 cm³/mol. The Morgan fingerprint density at radius 1 is 1.10 bits per heavy atom. The van der Waals surface area contributed by atoms with Crippen LogP contribution in [0.3, 0.4) is 0 Å². The smallest absolute Gasteiger partial charge is 0.200 e. The van der Waals surface area contributed by atoms with E-state index in [1.807, 2.05) is 18.2 Å². The number of ether oxygens (including phenoxy) is 2. The van der Waals surface area contributed by atoms with E-state index in [0.717, 1.165) is 19.4 Å². The topological polar surface area (TPSA) is 72.1 Å². The summed E-state index contributed by atoms with van der Waals surface area (Å²) in [4.78, 5) is 15.6. The van der Waals surface area contributed by atoms with Crippen LogP contribution in [0.5, 0.6) is 17.2 Å². The molecule has 3 aromatic rings. The molecule has 2 aliphatic rings. The molecule has 0 radical (unpaired) electrons. The first kappa shape index (κ1) is 19.0. The number of hydrogen-bond donors (Lipinski definition) is 1. The molecule has 1 atom stereocenters. The minimum Gasteiger partial charge on any atom is -0.507 e. The molecule has 156 valence electrons. The minimum atomic E-state index is -0.124. The van der Waals surface area contributed by atoms with Gasteiger partial charge in [0.1, 0.15) is 30.8 Å². The van der Waals surface area contributed by atoms with E-state index in [9.17, 15) is 9.90 Å². The van der Waals surface area contributed by atoms with Crippen LogP contribution in [0, 0.1) is 0 Å². The maximum absolute atomic E-state index is 13.3. The molecule has 6 nitrogen and oxygen atoms in total. The fourth-order valence-corrected chi connectivity index (χ4v) is 4.41. The Kier molecular flexibility index (Phi) is 4.87. The number of fused-ring (bicyclic) bond motifs is 2. The lowest BCUT2D eigenvalue weighted by Gasteiger charge is -2.33. The van der Waals surface area contributed by atoms with Crippen LogP contribution in [0.2, 0.25) is 0 Å². The van der Waals surface area contributed by atoms with Gasteiger partial charge in [-0.3, -0.25) is 9.69 Å². The first-order valence-corrected chi connectivity index (χ1v) is 10.5. The molecule has 30 heavy (non-hydrogen) atoms. The quantitative estimate of drug-likeness (QED) is 0.698. The molecule has 1 saturated heterocycles. The maximum atomic E-state index is 13.3. The molecule has 0 saturated carbocycles. The average molecular weight is 407 g/mol. The van der Waals surface area contributed by atoms with E-state index >= 15 is 0 Å². The van der Waals surface area contributed by atoms with Crippen LogP contribution in [-0.4, -0.2) is 35.8 Å². The molecule has 0 amide bonds. The first-order valence-electron chi connectivity index (χ1n) is 10.5. The number of rotatable bonds is 3. The predicted octanol–water partition coefficient (Wildman–Crippen LogP) is 4.31. The van der Waals surface area contributed by atoms with E-state index in [1.54, 1.807) is 12.1 Å². The zero-order chi connectivity index (χ0) is 20.7. The van der Waals surface area contributed by atoms with Crippen molar-refractivity contribution in [2.75, 3.05) is 19.8 Å². The van der Waals surface area contributed by atoms with Gasteiger partial charge in [-0.25, -0.2) is 0 Å². The van der Waals surface area contributed by atoms with Gasteiger partial charge in [-0.2, -0.15) is 0 Å². The van der Waals surface area contributed by atoms with Crippen molar-refractivity contribution in [2.45, 2.75) is 38.8 Å². The second kappa shape index (κ2) is 7.69. The van der Waals surface area contributed by atoms with Gasteiger partial charge in [0.05, 0.1) is 16.5 Å². The third-order valence-electron chi connectivity index (χ3n) is 6.17. The van der Waals surface area contributed by atoms with Gasteiger partial charge in [-0.05, 0) is 56.1 Å². The van der Waals surface area contributed by atoms with E-state index in [2.05, 4.69) is 11.8 Å². The van der Waals surface area contributed by atoms with Crippen molar-refractivity contribution >= 4 is 11.0 Å². The molecule has 1 aromatic heterocycles. The fourth-order valence-electron chi connectivity index (χ4n) is 4.41. The molecular formula is C24H25NO5. The summed E-state index contributed by atoms with van der Waals surface area (Å²) in [6.45, 7) is 4.76. The van der Waals surface area contributed by atoms with Crippen molar-refractivity contribution < 1.29 is 19.0 Å². The minimum absolute atomic E-state index is 0.124. The molecule has 1 N–H and O–H groups in total. The van der Waals surface area contributed by atoms with Gasteiger partial charge in [-0.15, -0.1) is 0 Å². The van der Waals surface area contributed by atoms with Crippen LogP contribution in [0.4, 0.5) is 0 Å². The first-order chi connectivity index (χ1) is 14.6. The fraction of sp³-hybridized carbons (Fsp3) is 0.375. The van der Waals surface area contributed by atoms with Crippen molar-refractivity contribution in [2.24, 2.45) is 0 Å². The lowest BCUT2D eigenvalue weighted by atomic mass is 10.0. The average Bonchev–Trinajstić information content (AvgIpc) is 2.77. The molecule has 2 aromatic carbocycles. The van der Waals surface area contributed by atoms with Gasteiger partial charge in [0.25, 0.3) is 0 Å². The SMILES string of the molecule is C[C@H]1CCCCN1Cc1c(O)ccc2c(=O)c(-c3ccc4c(c3)OCCO4)coc12. The standard InChI is InChI=1S/C24H25NO5/c1-15-4-2-3-9-25(15)13-18-20(26)7-6-17-23(27)19(14-30-24(17)18)16-5-8-21-22(12-16)29-11-10-28-21/h5-8,12,14-15,26H,2-4,9-11,13H2,1H3/t15-/m0/s1. The highest BCUT2D eigenvalue weighted by molar-refractivity contribution is 5.86. The van der Waals surface area contributed by atoms with E-state index < -0.39 is 0 Å². The van der Waals surface area contributed by atoms with Crippen LogP contribution in [0.1, 0.15) is 31.7 Å². The van der Waals surface area contributed by atoms with Crippen molar-refractivity contribution in [1.29, 1.82) is 0 Å². The molecule has 6 heteroatoms. The number of nitrogens with zero attached hydrogens (tertiary/aromatic N) is 1. The molecule has 0 aliphatic carbocycles. The van der Waals surface area contributed by atoms with Gasteiger partial charge < -0.3 is 19.0 Å². The number of aromatic hydroxyl groups is 1. The highest BCUT2D eigenvalue weighted by Crippen LogP contribution is 2.35. The Hall–Kier alpha value is -2.99. The molecule has 1 fully saturated rings. The third-order valence-corrected chi connectivity index (χ3v) is 6.17. The van der Waals surface area contributed by atoms with Crippen LogP contribution in [-0.2, 0) is 6.54 Å². The summed E-state index contributed by atoms with van der Waals surface area (Å²) in [6.07, 6.45) is 5.00. The summed E-state index contributed by atoms with van der Waals surface area (Å²) in [7, 11) is 0. The lowest BCUT2D eigenvalue weighted by molar-refractivity contribution is 0.151. The third kappa shape index (κ3) is 3.31. The zero-order valence-electron chi connectivity index (χ0n) is 17.0. The molecule has 0 spiro atoms. The van der Waals surface area contributed by atoms with E-state index in [1.165, 1.54) is 12.7 Å². The summed E-state index contributed by atoms with van der Waals surface area (Å²) in [5.41, 5.74) is 2.18. The second-order valence-corrected chi connectivity index (χ2v) is 8.09. The Bertz CT molecular complexity index is 1150. The van der Waals surface area contributed by atoms with Crippen LogP contribution >= 0.6 is 0 Å².